The molecule has 1 atom stereocenters. The van der Waals surface area contributed by atoms with Crippen LogP contribution in [0.25, 0.3) is 0 Å². The van der Waals surface area contributed by atoms with Crippen molar-refractivity contribution in [1.82, 2.24) is 4.90 Å². The minimum absolute atomic E-state index is 0.105. The van der Waals surface area contributed by atoms with Gasteiger partial charge in [0, 0.05) is 32.3 Å². The Kier molecular flexibility index (Phi) is 4.58. The van der Waals surface area contributed by atoms with E-state index in [9.17, 15) is 4.79 Å². The molecule has 1 unspecified atom stereocenters. The topological polar surface area (TPSA) is 41.6 Å². The number of hydrogen-bond donors (Lipinski definition) is 1. The van der Waals surface area contributed by atoms with Gasteiger partial charge >= 0.3 is 0 Å². The average Bonchev–Trinajstić information content (AvgIpc) is 2.86. The molecule has 0 aliphatic carbocycles. The molecule has 2 rings (SSSR count). The number of nitrogens with zero attached hydrogens (tertiary/aromatic N) is 1. The first-order chi connectivity index (χ1) is 9.26. The normalized spacial score (nSPS) is 16.6. The van der Waals surface area contributed by atoms with Crippen molar-refractivity contribution in [1.29, 1.82) is 0 Å². The maximum Gasteiger partial charge on any atom is 0.245 e. The lowest BCUT2D eigenvalue weighted by Gasteiger charge is -2.24. The highest BCUT2D eigenvalue weighted by Crippen LogP contribution is 2.25. The van der Waals surface area contributed by atoms with Gasteiger partial charge in [0.15, 0.2) is 0 Å². The number of methoxy groups -OCH3 is 1. The van der Waals surface area contributed by atoms with E-state index in [4.69, 9.17) is 4.74 Å². The maximum absolute atomic E-state index is 12.5. The number of nitrogens with one attached hydrogen (secondary N) is 1. The van der Waals surface area contributed by atoms with Crippen molar-refractivity contribution in [3.8, 4) is 0 Å². The van der Waals surface area contributed by atoms with Crippen molar-refractivity contribution in [3.63, 3.8) is 0 Å². The van der Waals surface area contributed by atoms with Gasteiger partial charge in [-0.3, -0.25) is 4.79 Å². The number of amides is 1. The second kappa shape index (κ2) is 6.38. The SMILES string of the molecule is C=CCN(CCOC)C(=O)C1Cc2ccccc2N1. The first-order valence-electron chi connectivity index (χ1n) is 6.49. The highest BCUT2D eigenvalue weighted by atomic mass is 16.5. The van der Waals surface area contributed by atoms with Gasteiger partial charge in [-0.2, -0.15) is 0 Å². The van der Waals surface area contributed by atoms with Crippen LogP contribution in [-0.2, 0) is 16.0 Å². The summed E-state index contributed by atoms with van der Waals surface area (Å²) in [6, 6.07) is 7.87. The van der Waals surface area contributed by atoms with Gasteiger partial charge in [-0.05, 0) is 11.6 Å². The van der Waals surface area contributed by atoms with Gasteiger partial charge in [0.1, 0.15) is 6.04 Å². The summed E-state index contributed by atoms with van der Waals surface area (Å²) in [5, 5.41) is 3.28. The minimum Gasteiger partial charge on any atom is -0.383 e. The fourth-order valence-corrected chi connectivity index (χ4v) is 2.32. The van der Waals surface area contributed by atoms with E-state index in [2.05, 4.69) is 18.0 Å². The Balaban J connectivity index is 2.01. The molecule has 0 bridgehead atoms. The van der Waals surface area contributed by atoms with Gasteiger partial charge in [0.05, 0.1) is 6.61 Å². The van der Waals surface area contributed by atoms with Gasteiger partial charge in [-0.15, -0.1) is 6.58 Å². The van der Waals surface area contributed by atoms with Gasteiger partial charge in [-0.1, -0.05) is 24.3 Å². The van der Waals surface area contributed by atoms with Crippen LogP contribution in [0, 0.1) is 0 Å². The van der Waals surface area contributed by atoms with E-state index >= 15 is 0 Å². The first-order valence-corrected chi connectivity index (χ1v) is 6.49. The van der Waals surface area contributed by atoms with Crippen molar-refractivity contribution in [3.05, 3.63) is 42.5 Å². The lowest BCUT2D eigenvalue weighted by Crippen LogP contribution is -2.43. The van der Waals surface area contributed by atoms with Crippen molar-refractivity contribution in [2.75, 3.05) is 32.1 Å². The highest BCUT2D eigenvalue weighted by Gasteiger charge is 2.29. The summed E-state index contributed by atoms with van der Waals surface area (Å²) in [7, 11) is 1.64. The van der Waals surface area contributed by atoms with Gasteiger partial charge in [0.2, 0.25) is 5.91 Å². The van der Waals surface area contributed by atoms with E-state index in [0.717, 1.165) is 12.1 Å². The molecule has 1 N–H and O–H groups in total. The Morgan fingerprint density at radius 3 is 3.05 bits per heavy atom. The number of carbonyl (C=O) groups is 1. The third-order valence-electron chi connectivity index (χ3n) is 3.30. The van der Waals surface area contributed by atoms with E-state index in [1.54, 1.807) is 18.1 Å². The van der Waals surface area contributed by atoms with Gasteiger partial charge in [0.25, 0.3) is 0 Å². The average molecular weight is 260 g/mol. The van der Waals surface area contributed by atoms with Crippen LogP contribution >= 0.6 is 0 Å². The molecule has 0 fully saturated rings. The Bertz CT molecular complexity index is 434. The van der Waals surface area contributed by atoms with Crippen molar-refractivity contribution < 1.29 is 9.53 Å². The molecule has 1 aromatic carbocycles. The summed E-state index contributed by atoms with van der Waals surface area (Å²) >= 11 is 0. The standard InChI is InChI=1S/C15H20N2O2/c1-3-8-17(9-10-19-2)15(18)14-11-12-6-4-5-7-13(12)16-14/h3-7,14,16H,1,8-11H2,2H3. The highest BCUT2D eigenvalue weighted by molar-refractivity contribution is 5.87. The van der Waals surface area contributed by atoms with Gasteiger partial charge in [-0.25, -0.2) is 0 Å². The molecule has 0 saturated carbocycles. The van der Waals surface area contributed by atoms with E-state index < -0.39 is 0 Å². The molecular weight excluding hydrogens is 240 g/mol. The molecule has 1 aliphatic rings. The number of fused-ring (bicyclic) bond motifs is 1. The Morgan fingerprint density at radius 1 is 1.58 bits per heavy atom. The predicted molar refractivity (Wildman–Crippen MR) is 76.2 cm³/mol. The summed E-state index contributed by atoms with van der Waals surface area (Å²) in [5.41, 5.74) is 2.26. The minimum atomic E-state index is -0.172. The Hall–Kier alpha value is -1.81. The number of anilines is 1. The lowest BCUT2D eigenvalue weighted by molar-refractivity contribution is -0.132. The van der Waals surface area contributed by atoms with Crippen LogP contribution in [0.3, 0.4) is 0 Å². The van der Waals surface area contributed by atoms with Gasteiger partial charge < -0.3 is 15.0 Å². The van der Waals surface area contributed by atoms with E-state index in [0.29, 0.717) is 19.7 Å². The summed E-state index contributed by atoms with van der Waals surface area (Å²) < 4.78 is 5.04. The molecule has 1 aliphatic heterocycles. The fraction of sp³-hybridized carbons (Fsp3) is 0.400. The third-order valence-corrected chi connectivity index (χ3v) is 3.30. The van der Waals surface area contributed by atoms with Crippen LogP contribution in [0.4, 0.5) is 5.69 Å². The van der Waals surface area contributed by atoms with Crippen LogP contribution in [0.2, 0.25) is 0 Å². The van der Waals surface area contributed by atoms with Crippen LogP contribution in [-0.4, -0.2) is 43.7 Å². The molecule has 4 nitrogen and oxygen atoms in total. The third kappa shape index (κ3) is 3.15. The molecule has 0 radical (unpaired) electrons. The monoisotopic (exact) mass is 260 g/mol. The second-order valence-corrected chi connectivity index (χ2v) is 4.62. The number of carbonyl (C=O) groups excluding carboxylic acids is 1. The number of para-hydroxylation sites is 1. The predicted octanol–water partition coefficient (Wildman–Crippen LogP) is 1.68. The molecular formula is C15H20N2O2. The zero-order chi connectivity index (χ0) is 13.7. The summed E-state index contributed by atoms with van der Waals surface area (Å²) in [5.74, 6) is 0.105. The van der Waals surface area contributed by atoms with Crippen molar-refractivity contribution >= 4 is 11.6 Å². The van der Waals surface area contributed by atoms with Crippen LogP contribution in [0.5, 0.6) is 0 Å². The molecule has 0 spiro atoms. The van der Waals surface area contributed by atoms with Crippen molar-refractivity contribution in [2.24, 2.45) is 0 Å². The molecule has 102 valence electrons. The first kappa shape index (κ1) is 13.6. The zero-order valence-electron chi connectivity index (χ0n) is 11.3. The van der Waals surface area contributed by atoms with E-state index in [1.165, 1.54) is 5.56 Å². The molecule has 1 amide bonds. The molecule has 19 heavy (non-hydrogen) atoms. The second-order valence-electron chi connectivity index (χ2n) is 4.62. The molecule has 1 aromatic rings. The number of rotatable bonds is 6. The van der Waals surface area contributed by atoms with E-state index in [1.807, 2.05) is 18.2 Å². The van der Waals surface area contributed by atoms with Crippen LogP contribution in [0.1, 0.15) is 5.56 Å². The van der Waals surface area contributed by atoms with Crippen molar-refractivity contribution in [2.45, 2.75) is 12.5 Å². The van der Waals surface area contributed by atoms with Crippen LogP contribution in [0.15, 0.2) is 36.9 Å². The summed E-state index contributed by atoms with van der Waals surface area (Å²) in [4.78, 5) is 14.2. The maximum atomic E-state index is 12.5. The Morgan fingerprint density at radius 2 is 2.37 bits per heavy atom. The Labute approximate surface area is 114 Å². The number of benzene rings is 1. The fourth-order valence-electron chi connectivity index (χ4n) is 2.32. The lowest BCUT2D eigenvalue weighted by atomic mass is 10.1. The quantitative estimate of drug-likeness (QED) is 0.791. The zero-order valence-corrected chi connectivity index (χ0v) is 11.3. The largest absolute Gasteiger partial charge is 0.383 e. The number of hydrogen-bond acceptors (Lipinski definition) is 3. The smallest absolute Gasteiger partial charge is 0.245 e. The van der Waals surface area contributed by atoms with E-state index in [-0.39, 0.29) is 11.9 Å². The summed E-state index contributed by atoms with van der Waals surface area (Å²) in [6.45, 7) is 5.39. The summed E-state index contributed by atoms with van der Waals surface area (Å²) in [6.07, 6.45) is 2.49. The number of ether oxygens (including phenoxy) is 1. The molecule has 0 aromatic heterocycles. The molecule has 0 saturated heterocycles. The van der Waals surface area contributed by atoms with Crippen LogP contribution < -0.4 is 5.32 Å². The molecule has 4 heteroatoms. The molecule has 1 heterocycles.